The summed E-state index contributed by atoms with van der Waals surface area (Å²) in [4.78, 5) is 0. The van der Waals surface area contributed by atoms with Crippen molar-refractivity contribution in [2.75, 3.05) is 0 Å². The van der Waals surface area contributed by atoms with Crippen LogP contribution in [0.15, 0.2) is 30.3 Å². The fraction of sp³-hybridized carbons (Fsp3) is 0.357. The molecule has 0 aliphatic heterocycles. The second-order valence-corrected chi connectivity index (χ2v) is 5.95. The van der Waals surface area contributed by atoms with Crippen molar-refractivity contribution in [2.24, 2.45) is 0 Å². The quantitative estimate of drug-likeness (QED) is 0.737. The van der Waals surface area contributed by atoms with Crippen LogP contribution in [0.25, 0.3) is 5.69 Å². The first-order valence-electron chi connectivity index (χ1n) is 6.03. The van der Waals surface area contributed by atoms with Crippen LogP contribution in [-0.4, -0.2) is 9.78 Å². The van der Waals surface area contributed by atoms with Gasteiger partial charge in [-0.2, -0.15) is 18.3 Å². The summed E-state index contributed by atoms with van der Waals surface area (Å²) in [5.41, 5.74) is 0.405. The summed E-state index contributed by atoms with van der Waals surface area (Å²) in [5.74, 6) is 0. The van der Waals surface area contributed by atoms with Crippen molar-refractivity contribution in [3.63, 3.8) is 0 Å². The first-order chi connectivity index (χ1) is 9.09. The Labute approximate surface area is 120 Å². The van der Waals surface area contributed by atoms with E-state index in [4.69, 9.17) is 11.6 Å². The van der Waals surface area contributed by atoms with Gasteiger partial charge in [-0.15, -0.1) is 0 Å². The zero-order valence-electron chi connectivity index (χ0n) is 11.3. The third-order valence-corrected chi connectivity index (χ3v) is 3.14. The maximum atomic E-state index is 12.5. The fourth-order valence-electron chi connectivity index (χ4n) is 1.70. The number of rotatable bonds is 1. The summed E-state index contributed by atoms with van der Waals surface area (Å²) < 4.78 is 39.0. The lowest BCUT2D eigenvalue weighted by molar-refractivity contribution is -0.137. The van der Waals surface area contributed by atoms with E-state index in [1.807, 2.05) is 20.8 Å². The van der Waals surface area contributed by atoms with E-state index in [2.05, 4.69) is 5.10 Å². The summed E-state index contributed by atoms with van der Waals surface area (Å²) in [5, 5.41) is 4.72. The number of halogens is 4. The Hall–Kier alpha value is -1.49. The number of nitrogens with zero attached hydrogens (tertiary/aromatic N) is 2. The Kier molecular flexibility index (Phi) is 3.58. The lowest BCUT2D eigenvalue weighted by Crippen LogP contribution is -2.12. The molecule has 0 amide bonds. The molecule has 0 fully saturated rings. The number of alkyl halides is 3. The predicted octanol–water partition coefficient (Wildman–Crippen LogP) is 4.84. The maximum absolute atomic E-state index is 12.5. The van der Waals surface area contributed by atoms with Crippen LogP contribution in [-0.2, 0) is 11.6 Å². The van der Waals surface area contributed by atoms with E-state index in [1.165, 1.54) is 16.8 Å². The minimum absolute atomic E-state index is 0.180. The minimum atomic E-state index is -4.34. The average Bonchev–Trinajstić information content (AvgIpc) is 2.70. The van der Waals surface area contributed by atoms with Crippen molar-refractivity contribution in [3.8, 4) is 5.69 Å². The van der Waals surface area contributed by atoms with Crippen LogP contribution in [0.4, 0.5) is 13.2 Å². The molecule has 0 saturated heterocycles. The van der Waals surface area contributed by atoms with E-state index in [9.17, 15) is 13.2 Å². The molecule has 0 unspecified atom stereocenters. The number of hydrogen-bond donors (Lipinski definition) is 0. The molecule has 6 heteroatoms. The van der Waals surface area contributed by atoms with Gasteiger partial charge in [-0.25, -0.2) is 4.68 Å². The van der Waals surface area contributed by atoms with E-state index in [1.54, 1.807) is 6.07 Å². The van der Waals surface area contributed by atoms with Gasteiger partial charge in [-0.05, 0) is 30.3 Å². The molecule has 2 nitrogen and oxygen atoms in total. The molecule has 1 aromatic heterocycles. The zero-order valence-corrected chi connectivity index (χ0v) is 12.0. The Morgan fingerprint density at radius 3 is 2.00 bits per heavy atom. The van der Waals surface area contributed by atoms with Crippen molar-refractivity contribution >= 4 is 11.6 Å². The zero-order chi connectivity index (χ0) is 15.1. The van der Waals surface area contributed by atoms with Crippen LogP contribution >= 0.6 is 11.6 Å². The molecule has 0 spiro atoms. The fourth-order valence-corrected chi connectivity index (χ4v) is 1.94. The van der Waals surface area contributed by atoms with Gasteiger partial charge in [0.15, 0.2) is 0 Å². The van der Waals surface area contributed by atoms with E-state index in [0.717, 1.165) is 17.8 Å². The van der Waals surface area contributed by atoms with Crippen LogP contribution in [0.2, 0.25) is 5.15 Å². The highest BCUT2D eigenvalue weighted by Gasteiger charge is 2.30. The van der Waals surface area contributed by atoms with Gasteiger partial charge in [0, 0.05) is 5.41 Å². The lowest BCUT2D eigenvalue weighted by atomic mass is 9.93. The molecule has 0 atom stereocenters. The van der Waals surface area contributed by atoms with E-state index >= 15 is 0 Å². The smallest absolute Gasteiger partial charge is 0.222 e. The molecule has 20 heavy (non-hydrogen) atoms. The lowest BCUT2D eigenvalue weighted by Gasteiger charge is -2.14. The van der Waals surface area contributed by atoms with Crippen LogP contribution in [0.5, 0.6) is 0 Å². The second-order valence-electron chi connectivity index (χ2n) is 5.56. The van der Waals surface area contributed by atoms with Gasteiger partial charge in [-0.1, -0.05) is 32.4 Å². The monoisotopic (exact) mass is 302 g/mol. The van der Waals surface area contributed by atoms with Crippen molar-refractivity contribution in [3.05, 3.63) is 46.7 Å². The summed E-state index contributed by atoms with van der Waals surface area (Å²) >= 11 is 6.09. The molecule has 1 heterocycles. The molecular weight excluding hydrogens is 289 g/mol. The second kappa shape index (κ2) is 4.81. The molecule has 0 saturated carbocycles. The molecule has 0 radical (unpaired) electrons. The van der Waals surface area contributed by atoms with Crippen molar-refractivity contribution in [2.45, 2.75) is 32.4 Å². The molecule has 0 aliphatic rings. The van der Waals surface area contributed by atoms with Crippen LogP contribution in [0.1, 0.15) is 32.0 Å². The van der Waals surface area contributed by atoms with Gasteiger partial charge < -0.3 is 0 Å². The standard InChI is InChI=1S/C14H14ClF3N2/c1-13(2,3)11-8-12(15)20(19-11)10-6-4-9(5-7-10)14(16,17)18/h4-8H,1-3H3. The van der Waals surface area contributed by atoms with Crippen LogP contribution < -0.4 is 0 Å². The van der Waals surface area contributed by atoms with E-state index in [-0.39, 0.29) is 5.41 Å². The number of aromatic nitrogens is 2. The highest BCUT2D eigenvalue weighted by atomic mass is 35.5. The molecule has 2 aromatic rings. The van der Waals surface area contributed by atoms with Crippen LogP contribution in [0.3, 0.4) is 0 Å². The van der Waals surface area contributed by atoms with Gasteiger partial charge in [0.1, 0.15) is 5.15 Å². The summed E-state index contributed by atoms with van der Waals surface area (Å²) in [6.07, 6.45) is -4.34. The molecule has 0 N–H and O–H groups in total. The van der Waals surface area contributed by atoms with Gasteiger partial charge >= 0.3 is 6.18 Å². The van der Waals surface area contributed by atoms with Gasteiger partial charge in [0.25, 0.3) is 0 Å². The molecule has 0 bridgehead atoms. The van der Waals surface area contributed by atoms with Gasteiger partial charge in [-0.3, -0.25) is 0 Å². The van der Waals surface area contributed by atoms with Crippen LogP contribution in [0, 0.1) is 0 Å². The minimum Gasteiger partial charge on any atom is -0.222 e. The summed E-state index contributed by atoms with van der Waals surface area (Å²) in [6, 6.07) is 6.47. The number of hydrogen-bond acceptors (Lipinski definition) is 1. The Balaban J connectivity index is 2.40. The summed E-state index contributed by atoms with van der Waals surface area (Å²) in [7, 11) is 0. The normalized spacial score (nSPS) is 12.8. The third-order valence-electron chi connectivity index (χ3n) is 2.87. The maximum Gasteiger partial charge on any atom is 0.416 e. The van der Waals surface area contributed by atoms with E-state index in [0.29, 0.717) is 10.8 Å². The predicted molar refractivity (Wildman–Crippen MR) is 72.3 cm³/mol. The van der Waals surface area contributed by atoms with Crippen molar-refractivity contribution in [1.82, 2.24) is 9.78 Å². The Morgan fingerprint density at radius 2 is 1.60 bits per heavy atom. The first kappa shape index (κ1) is 14.9. The first-order valence-corrected chi connectivity index (χ1v) is 6.40. The highest BCUT2D eigenvalue weighted by Crippen LogP contribution is 2.31. The summed E-state index contributed by atoms with van der Waals surface area (Å²) in [6.45, 7) is 5.97. The average molecular weight is 303 g/mol. The van der Waals surface area contributed by atoms with Gasteiger partial charge in [0.2, 0.25) is 0 Å². The molecule has 2 rings (SSSR count). The number of benzene rings is 1. The highest BCUT2D eigenvalue weighted by molar-refractivity contribution is 6.29. The molecule has 1 aromatic carbocycles. The SMILES string of the molecule is CC(C)(C)c1cc(Cl)n(-c2ccc(C(F)(F)F)cc2)n1. The third kappa shape index (κ3) is 2.98. The molecule has 108 valence electrons. The Bertz CT molecular complexity index is 607. The van der Waals surface area contributed by atoms with Crippen molar-refractivity contribution in [1.29, 1.82) is 0 Å². The van der Waals surface area contributed by atoms with Gasteiger partial charge in [0.05, 0.1) is 16.9 Å². The molecular formula is C14H14ClF3N2. The topological polar surface area (TPSA) is 17.8 Å². The van der Waals surface area contributed by atoms with Crippen molar-refractivity contribution < 1.29 is 13.2 Å². The Morgan fingerprint density at radius 1 is 1.05 bits per heavy atom. The largest absolute Gasteiger partial charge is 0.416 e. The molecule has 0 aliphatic carbocycles. The van der Waals surface area contributed by atoms with E-state index < -0.39 is 11.7 Å².